The van der Waals surface area contributed by atoms with Crippen LogP contribution in [0.4, 0.5) is 0 Å². The van der Waals surface area contributed by atoms with Gasteiger partial charge < -0.3 is 0 Å². The van der Waals surface area contributed by atoms with Crippen LogP contribution in [-0.2, 0) is 13.6 Å². The molecule has 0 aliphatic rings. The summed E-state index contributed by atoms with van der Waals surface area (Å²) in [6, 6.07) is 0. The Morgan fingerprint density at radius 2 is 2.29 bits per heavy atom. The monoisotopic (exact) mass is 212 g/mol. The van der Waals surface area contributed by atoms with Crippen molar-refractivity contribution < 1.29 is 13.6 Å². The first-order valence-corrected chi connectivity index (χ1v) is 5.73. The molecular formula is C10H13O3P. The van der Waals surface area contributed by atoms with E-state index in [0.717, 1.165) is 0 Å². The van der Waals surface area contributed by atoms with E-state index in [-0.39, 0.29) is 12.8 Å². The topological polar surface area (TPSA) is 35.5 Å². The molecule has 0 saturated carbocycles. The van der Waals surface area contributed by atoms with E-state index < -0.39 is 13.7 Å². The van der Waals surface area contributed by atoms with Crippen molar-refractivity contribution in [1.29, 1.82) is 0 Å². The number of hydrogen-bond acceptors (Lipinski definition) is 3. The van der Waals surface area contributed by atoms with E-state index in [4.69, 9.17) is 21.9 Å². The molecule has 0 heterocycles. The quantitative estimate of drug-likeness (QED) is 0.384. The maximum Gasteiger partial charge on any atom is 0.336 e. The van der Waals surface area contributed by atoms with Gasteiger partial charge >= 0.3 is 7.60 Å². The van der Waals surface area contributed by atoms with Crippen LogP contribution in [0.3, 0.4) is 0 Å². The van der Waals surface area contributed by atoms with Crippen LogP contribution in [0.2, 0.25) is 0 Å². The summed E-state index contributed by atoms with van der Waals surface area (Å²) in [5.74, 6) is 4.51. The molecule has 2 unspecified atom stereocenters. The van der Waals surface area contributed by atoms with Gasteiger partial charge in [0.15, 0.2) is 0 Å². The molecule has 0 spiro atoms. The molecule has 0 bridgehead atoms. The fraction of sp³-hybridized carbons (Fsp3) is 0.400. The average Bonchev–Trinajstić information content (AvgIpc) is 2.15. The Kier molecular flexibility index (Phi) is 6.00. The molecule has 4 heteroatoms. The van der Waals surface area contributed by atoms with Crippen LogP contribution in [0.15, 0.2) is 12.7 Å². The van der Waals surface area contributed by atoms with Gasteiger partial charge in [0.25, 0.3) is 0 Å². The van der Waals surface area contributed by atoms with E-state index >= 15 is 0 Å². The maximum atomic E-state index is 11.8. The van der Waals surface area contributed by atoms with Gasteiger partial charge in [0, 0.05) is 0 Å². The van der Waals surface area contributed by atoms with E-state index in [2.05, 4.69) is 18.4 Å². The first-order chi connectivity index (χ1) is 6.58. The van der Waals surface area contributed by atoms with Crippen molar-refractivity contribution >= 4 is 7.60 Å². The van der Waals surface area contributed by atoms with Crippen molar-refractivity contribution in [3.63, 3.8) is 0 Å². The Bertz CT molecular complexity index is 308. The van der Waals surface area contributed by atoms with E-state index in [0.29, 0.717) is 0 Å². The zero-order chi connectivity index (χ0) is 11.0. The molecule has 0 N–H and O–H groups in total. The highest BCUT2D eigenvalue weighted by atomic mass is 31.2. The van der Waals surface area contributed by atoms with Crippen LogP contribution in [0.25, 0.3) is 0 Å². The second kappa shape index (κ2) is 6.46. The first-order valence-electron chi connectivity index (χ1n) is 4.00. The van der Waals surface area contributed by atoms with E-state index in [1.165, 1.54) is 6.08 Å². The molecule has 0 saturated heterocycles. The van der Waals surface area contributed by atoms with Gasteiger partial charge in [0.05, 0.1) is 6.16 Å². The largest absolute Gasteiger partial charge is 0.336 e. The number of terminal acetylenes is 2. The average molecular weight is 212 g/mol. The second-order valence-electron chi connectivity index (χ2n) is 2.47. The zero-order valence-electron chi connectivity index (χ0n) is 8.10. The zero-order valence-corrected chi connectivity index (χ0v) is 9.00. The minimum absolute atomic E-state index is 0.0671. The molecule has 0 fully saturated rings. The first kappa shape index (κ1) is 13.0. The summed E-state index contributed by atoms with van der Waals surface area (Å²) in [6.45, 7) is 4.99. The molecule has 0 amide bonds. The number of rotatable bonds is 6. The van der Waals surface area contributed by atoms with E-state index in [9.17, 15) is 4.57 Å². The molecule has 0 radical (unpaired) electrons. The summed E-state index contributed by atoms with van der Waals surface area (Å²) in [6.07, 6.45) is 11.0. The van der Waals surface area contributed by atoms with Crippen molar-refractivity contribution in [2.45, 2.75) is 13.0 Å². The molecule has 0 rings (SSSR count). The Morgan fingerprint density at radius 3 is 2.71 bits per heavy atom. The van der Waals surface area contributed by atoms with Gasteiger partial charge in [-0.05, 0) is 6.92 Å². The van der Waals surface area contributed by atoms with Gasteiger partial charge in [0.1, 0.15) is 12.7 Å². The normalized spacial score (nSPS) is 15.9. The Hall–Kier alpha value is -0.990. The smallest absolute Gasteiger partial charge is 0.295 e. The molecule has 3 nitrogen and oxygen atoms in total. The Balaban J connectivity index is 4.41. The van der Waals surface area contributed by atoms with Crippen LogP contribution in [-0.4, -0.2) is 18.9 Å². The lowest BCUT2D eigenvalue weighted by Crippen LogP contribution is -2.07. The lowest BCUT2D eigenvalue weighted by Gasteiger charge is -2.17. The molecule has 0 aromatic carbocycles. The molecule has 0 aromatic rings. The van der Waals surface area contributed by atoms with E-state index in [1.54, 1.807) is 6.92 Å². The van der Waals surface area contributed by atoms with Crippen LogP contribution in [0.5, 0.6) is 0 Å². The number of allylic oxidation sites excluding steroid dienone is 1. The van der Waals surface area contributed by atoms with Crippen LogP contribution < -0.4 is 0 Å². The molecule has 76 valence electrons. The predicted octanol–water partition coefficient (Wildman–Crippen LogP) is 2.05. The van der Waals surface area contributed by atoms with Gasteiger partial charge in [0.2, 0.25) is 0 Å². The molecule has 2 atom stereocenters. The molecule has 0 aliphatic heterocycles. The van der Waals surface area contributed by atoms with Gasteiger partial charge in [-0.3, -0.25) is 13.6 Å². The van der Waals surface area contributed by atoms with Crippen molar-refractivity contribution in [2.75, 3.05) is 12.8 Å². The van der Waals surface area contributed by atoms with Crippen molar-refractivity contribution in [1.82, 2.24) is 0 Å². The van der Waals surface area contributed by atoms with Gasteiger partial charge in [-0.1, -0.05) is 17.9 Å². The minimum atomic E-state index is -3.21. The van der Waals surface area contributed by atoms with Crippen molar-refractivity contribution in [3.05, 3.63) is 12.7 Å². The molecule has 14 heavy (non-hydrogen) atoms. The lowest BCUT2D eigenvalue weighted by atomic mass is 10.4. The van der Waals surface area contributed by atoms with Crippen molar-refractivity contribution in [2.24, 2.45) is 0 Å². The fourth-order valence-corrected chi connectivity index (χ4v) is 2.07. The summed E-state index contributed by atoms with van der Waals surface area (Å²) in [5.41, 5.74) is 0. The maximum absolute atomic E-state index is 11.8. The Labute approximate surface area is 85.0 Å². The highest BCUT2D eigenvalue weighted by Crippen LogP contribution is 2.48. The van der Waals surface area contributed by atoms with Crippen LogP contribution >= 0.6 is 7.60 Å². The molecular weight excluding hydrogens is 199 g/mol. The van der Waals surface area contributed by atoms with E-state index in [1.807, 2.05) is 0 Å². The van der Waals surface area contributed by atoms with Gasteiger partial charge in [-0.15, -0.1) is 19.4 Å². The third kappa shape index (κ3) is 4.90. The summed E-state index contributed by atoms with van der Waals surface area (Å²) >= 11 is 0. The predicted molar refractivity (Wildman–Crippen MR) is 56.8 cm³/mol. The lowest BCUT2D eigenvalue weighted by molar-refractivity contribution is 0.202. The summed E-state index contributed by atoms with van der Waals surface area (Å²) in [7, 11) is -3.21. The minimum Gasteiger partial charge on any atom is -0.295 e. The third-order valence-corrected chi connectivity index (χ3v) is 3.12. The summed E-state index contributed by atoms with van der Waals surface area (Å²) in [5, 5.41) is 0. The highest BCUT2D eigenvalue weighted by molar-refractivity contribution is 7.54. The number of hydrogen-bond donors (Lipinski definition) is 0. The SMILES string of the molecule is C#CCOP(=O)(CC=C)OC(C)C#C. The van der Waals surface area contributed by atoms with Crippen molar-refractivity contribution in [3.8, 4) is 24.7 Å². The molecule has 0 aromatic heterocycles. The second-order valence-corrected chi connectivity index (χ2v) is 4.53. The standard InChI is InChI=1S/C10H13O3P/c1-5-8-12-14(11,9-6-2)13-10(4)7-3/h1,3,6,10H,2,8-9H2,4H3. The summed E-state index contributed by atoms with van der Waals surface area (Å²) < 4.78 is 21.8. The fourth-order valence-electron chi connectivity index (χ4n) is 0.691. The Morgan fingerprint density at radius 1 is 1.64 bits per heavy atom. The van der Waals surface area contributed by atoms with Gasteiger partial charge in [-0.2, -0.15) is 0 Å². The summed E-state index contributed by atoms with van der Waals surface area (Å²) in [4.78, 5) is 0. The van der Waals surface area contributed by atoms with Gasteiger partial charge in [-0.25, -0.2) is 0 Å². The third-order valence-electron chi connectivity index (χ3n) is 1.25. The highest BCUT2D eigenvalue weighted by Gasteiger charge is 2.24. The molecule has 0 aliphatic carbocycles. The van der Waals surface area contributed by atoms with Crippen LogP contribution in [0, 0.1) is 24.7 Å². The van der Waals surface area contributed by atoms with Crippen LogP contribution in [0.1, 0.15) is 6.92 Å².